The van der Waals surface area contributed by atoms with Crippen molar-refractivity contribution in [2.75, 3.05) is 0 Å². The Morgan fingerprint density at radius 3 is 2.73 bits per heavy atom. The van der Waals surface area contributed by atoms with E-state index in [4.69, 9.17) is 4.42 Å². The zero-order valence-corrected chi connectivity index (χ0v) is 14.8. The molecule has 7 heteroatoms. The molecule has 7 nitrogen and oxygen atoms in total. The van der Waals surface area contributed by atoms with Gasteiger partial charge in [0, 0.05) is 32.4 Å². The molecule has 0 spiro atoms. The van der Waals surface area contributed by atoms with Crippen LogP contribution in [0.25, 0.3) is 22.1 Å². The van der Waals surface area contributed by atoms with E-state index < -0.39 is 0 Å². The predicted molar refractivity (Wildman–Crippen MR) is 99.4 cm³/mol. The van der Waals surface area contributed by atoms with Gasteiger partial charge in [-0.3, -0.25) is 13.9 Å². The first-order chi connectivity index (χ1) is 12.6. The van der Waals surface area contributed by atoms with Crippen molar-refractivity contribution in [2.24, 2.45) is 14.1 Å². The van der Waals surface area contributed by atoms with Crippen LogP contribution in [-0.4, -0.2) is 18.7 Å². The fraction of sp³-hybridized carbons (Fsp3) is 0.316. The Kier molecular flexibility index (Phi) is 3.99. The molecule has 0 amide bonds. The van der Waals surface area contributed by atoms with E-state index in [2.05, 4.69) is 4.98 Å². The van der Waals surface area contributed by atoms with Crippen LogP contribution in [0, 0.1) is 0 Å². The number of aryl methyl sites for hydroxylation is 3. The number of unbranched alkanes of at least 4 members (excludes halogenated alkanes) is 1. The molecule has 0 N–H and O–H groups in total. The van der Waals surface area contributed by atoms with Gasteiger partial charge in [-0.05, 0) is 25.0 Å². The van der Waals surface area contributed by atoms with Crippen LogP contribution in [0.15, 0.2) is 50.7 Å². The molecule has 0 aliphatic carbocycles. The number of hydrogen-bond acceptors (Lipinski definition) is 4. The quantitative estimate of drug-likeness (QED) is 0.516. The van der Waals surface area contributed by atoms with E-state index in [0.717, 1.165) is 36.0 Å². The van der Waals surface area contributed by atoms with Crippen LogP contribution in [-0.2, 0) is 27.1 Å². The van der Waals surface area contributed by atoms with Crippen LogP contribution in [0.1, 0.15) is 18.6 Å². The molecule has 3 aromatic heterocycles. The Bertz CT molecular complexity index is 1180. The zero-order chi connectivity index (χ0) is 18.3. The molecule has 0 saturated heterocycles. The summed E-state index contributed by atoms with van der Waals surface area (Å²) in [6, 6.07) is 9.95. The standard InChI is InChI=1S/C19H20N4O3/c1-21-12-20-17-16(21)18(24)23(19(25)22(17)2)10-6-5-8-14-11-13-7-3-4-9-15(13)26-14/h3-4,7,9,11-12H,5-6,8,10H2,1-2H3. The Balaban J connectivity index is 1.50. The second kappa shape index (κ2) is 6.33. The molecule has 0 bridgehead atoms. The minimum absolute atomic E-state index is 0.285. The highest BCUT2D eigenvalue weighted by molar-refractivity contribution is 5.77. The SMILES string of the molecule is Cn1cnc2c1c(=O)n(CCCCc1cc3ccccc3o1)c(=O)n2C. The van der Waals surface area contributed by atoms with E-state index >= 15 is 0 Å². The van der Waals surface area contributed by atoms with Crippen LogP contribution < -0.4 is 11.2 Å². The average molecular weight is 352 g/mol. The normalized spacial score (nSPS) is 11.6. The molecule has 0 fully saturated rings. The second-order valence-electron chi connectivity index (χ2n) is 6.53. The van der Waals surface area contributed by atoms with Gasteiger partial charge in [0.25, 0.3) is 5.56 Å². The van der Waals surface area contributed by atoms with E-state index in [1.165, 1.54) is 9.13 Å². The van der Waals surface area contributed by atoms with Crippen LogP contribution in [0.4, 0.5) is 0 Å². The molecule has 0 unspecified atom stereocenters. The van der Waals surface area contributed by atoms with Gasteiger partial charge in [-0.1, -0.05) is 18.2 Å². The van der Waals surface area contributed by atoms with Gasteiger partial charge in [0.1, 0.15) is 11.3 Å². The molecule has 0 aliphatic heterocycles. The number of furan rings is 1. The fourth-order valence-electron chi connectivity index (χ4n) is 3.32. The minimum atomic E-state index is -0.329. The van der Waals surface area contributed by atoms with Crippen LogP contribution in [0.3, 0.4) is 0 Å². The Hall–Kier alpha value is -3.09. The molecule has 0 aliphatic rings. The summed E-state index contributed by atoms with van der Waals surface area (Å²) in [5.74, 6) is 0.925. The van der Waals surface area contributed by atoms with Crippen LogP contribution in [0.2, 0.25) is 0 Å². The number of benzene rings is 1. The monoisotopic (exact) mass is 352 g/mol. The highest BCUT2D eigenvalue weighted by Gasteiger charge is 2.14. The number of aromatic nitrogens is 4. The number of para-hydroxylation sites is 1. The Morgan fingerprint density at radius 2 is 1.92 bits per heavy atom. The number of imidazole rings is 1. The summed E-state index contributed by atoms with van der Waals surface area (Å²) >= 11 is 0. The minimum Gasteiger partial charge on any atom is -0.461 e. The fourth-order valence-corrected chi connectivity index (χ4v) is 3.32. The molecule has 4 aromatic rings. The van der Waals surface area contributed by atoms with Crippen molar-refractivity contribution in [2.45, 2.75) is 25.8 Å². The van der Waals surface area contributed by atoms with Crippen molar-refractivity contribution in [3.63, 3.8) is 0 Å². The van der Waals surface area contributed by atoms with E-state index in [9.17, 15) is 9.59 Å². The molecule has 0 radical (unpaired) electrons. The zero-order valence-electron chi connectivity index (χ0n) is 14.8. The molecule has 0 saturated carbocycles. The Morgan fingerprint density at radius 1 is 1.12 bits per heavy atom. The van der Waals surface area contributed by atoms with Gasteiger partial charge in [0.2, 0.25) is 0 Å². The lowest BCUT2D eigenvalue weighted by Gasteiger charge is -2.08. The van der Waals surface area contributed by atoms with E-state index in [1.54, 1.807) is 25.0 Å². The van der Waals surface area contributed by atoms with Crippen LogP contribution in [0.5, 0.6) is 0 Å². The van der Waals surface area contributed by atoms with Crippen molar-refractivity contribution < 1.29 is 4.42 Å². The third-order valence-electron chi connectivity index (χ3n) is 4.73. The van der Waals surface area contributed by atoms with Gasteiger partial charge >= 0.3 is 5.69 Å². The van der Waals surface area contributed by atoms with Gasteiger partial charge in [-0.25, -0.2) is 9.78 Å². The third kappa shape index (κ3) is 2.65. The van der Waals surface area contributed by atoms with Gasteiger partial charge in [-0.15, -0.1) is 0 Å². The van der Waals surface area contributed by atoms with E-state index in [0.29, 0.717) is 17.7 Å². The maximum atomic E-state index is 12.6. The van der Waals surface area contributed by atoms with Crippen molar-refractivity contribution in [1.82, 2.24) is 18.7 Å². The molecule has 134 valence electrons. The number of rotatable bonds is 5. The molecule has 4 rings (SSSR count). The highest BCUT2D eigenvalue weighted by atomic mass is 16.3. The molecule has 3 heterocycles. The highest BCUT2D eigenvalue weighted by Crippen LogP contribution is 2.20. The smallest absolute Gasteiger partial charge is 0.332 e. The van der Waals surface area contributed by atoms with Gasteiger partial charge in [0.05, 0.1) is 6.33 Å². The number of fused-ring (bicyclic) bond motifs is 2. The van der Waals surface area contributed by atoms with Crippen molar-refractivity contribution in [1.29, 1.82) is 0 Å². The number of hydrogen-bond donors (Lipinski definition) is 0. The molecule has 0 atom stereocenters. The molecule has 1 aromatic carbocycles. The van der Waals surface area contributed by atoms with Gasteiger partial charge in [0.15, 0.2) is 11.2 Å². The van der Waals surface area contributed by atoms with E-state index in [-0.39, 0.29) is 11.2 Å². The topological polar surface area (TPSA) is 75.0 Å². The number of nitrogens with zero attached hydrogens (tertiary/aromatic N) is 4. The summed E-state index contributed by atoms with van der Waals surface area (Å²) in [4.78, 5) is 29.2. The van der Waals surface area contributed by atoms with E-state index in [1.807, 2.05) is 30.3 Å². The summed E-state index contributed by atoms with van der Waals surface area (Å²) in [5.41, 5.74) is 1.14. The Labute approximate surface area is 149 Å². The maximum Gasteiger partial charge on any atom is 0.332 e. The lowest BCUT2D eigenvalue weighted by Crippen LogP contribution is -2.39. The first-order valence-corrected chi connectivity index (χ1v) is 8.64. The lowest BCUT2D eigenvalue weighted by molar-refractivity contribution is 0.507. The molecular weight excluding hydrogens is 332 g/mol. The van der Waals surface area contributed by atoms with Crippen molar-refractivity contribution >= 4 is 22.1 Å². The second-order valence-corrected chi connectivity index (χ2v) is 6.53. The largest absolute Gasteiger partial charge is 0.461 e. The maximum absolute atomic E-state index is 12.6. The van der Waals surface area contributed by atoms with Crippen molar-refractivity contribution in [3.05, 3.63) is 63.3 Å². The summed E-state index contributed by atoms with van der Waals surface area (Å²) < 4.78 is 10.2. The summed E-state index contributed by atoms with van der Waals surface area (Å²) in [7, 11) is 3.40. The summed E-state index contributed by atoms with van der Waals surface area (Å²) in [6.45, 7) is 0.382. The van der Waals surface area contributed by atoms with Crippen LogP contribution >= 0.6 is 0 Å². The van der Waals surface area contributed by atoms with Gasteiger partial charge < -0.3 is 8.98 Å². The summed E-state index contributed by atoms with van der Waals surface area (Å²) in [5, 5.41) is 1.09. The summed E-state index contributed by atoms with van der Waals surface area (Å²) in [6.07, 6.45) is 3.88. The lowest BCUT2D eigenvalue weighted by atomic mass is 10.2. The predicted octanol–water partition coefficient (Wildman–Crippen LogP) is 2.20. The third-order valence-corrected chi connectivity index (χ3v) is 4.73. The first-order valence-electron chi connectivity index (χ1n) is 8.64. The molecule has 26 heavy (non-hydrogen) atoms. The van der Waals surface area contributed by atoms with Crippen molar-refractivity contribution in [3.8, 4) is 0 Å². The van der Waals surface area contributed by atoms with Gasteiger partial charge in [-0.2, -0.15) is 0 Å². The first kappa shape index (κ1) is 16.4. The molecular formula is C19H20N4O3. The average Bonchev–Trinajstić information content (AvgIpc) is 3.22.